The highest BCUT2D eigenvalue weighted by Gasteiger charge is 2.32. The lowest BCUT2D eigenvalue weighted by Gasteiger charge is -2.33. The number of nitrogens with one attached hydrogen (secondary N) is 1. The molecule has 0 saturated heterocycles. The predicted octanol–water partition coefficient (Wildman–Crippen LogP) is 4.39. The fourth-order valence-electron chi connectivity index (χ4n) is 3.99. The molecule has 0 spiro atoms. The minimum Gasteiger partial charge on any atom is -0.348 e. The lowest BCUT2D eigenvalue weighted by Crippen LogP contribution is -2.34. The van der Waals surface area contributed by atoms with Crippen molar-refractivity contribution in [2.75, 3.05) is 6.54 Å². The van der Waals surface area contributed by atoms with Crippen molar-refractivity contribution in [3.8, 4) is 0 Å². The van der Waals surface area contributed by atoms with Crippen molar-refractivity contribution < 1.29 is 0 Å². The van der Waals surface area contributed by atoms with Crippen molar-refractivity contribution >= 4 is 5.84 Å². The number of amidine groups is 1. The number of nitrogens with zero attached hydrogens (tertiary/aromatic N) is 1. The molecule has 3 atom stereocenters. The minimum atomic E-state index is 0.487. The topological polar surface area (TPSA) is 24.4 Å². The maximum atomic E-state index is 4.62. The zero-order valence-corrected chi connectivity index (χ0v) is 13.2. The Balaban J connectivity index is 2.04. The van der Waals surface area contributed by atoms with E-state index in [1.54, 1.807) is 5.57 Å². The van der Waals surface area contributed by atoms with E-state index in [4.69, 9.17) is 0 Å². The smallest absolute Gasteiger partial charge is 0.0973 e. The third kappa shape index (κ3) is 2.76. The Labute approximate surface area is 128 Å². The van der Waals surface area contributed by atoms with E-state index in [2.05, 4.69) is 49.0 Å². The molecule has 2 aliphatic carbocycles. The van der Waals surface area contributed by atoms with Gasteiger partial charge in [0.05, 0.1) is 5.84 Å². The molecule has 0 amide bonds. The van der Waals surface area contributed by atoms with Crippen molar-refractivity contribution in [1.82, 2.24) is 5.32 Å². The minimum absolute atomic E-state index is 0.487. The van der Waals surface area contributed by atoms with E-state index < -0.39 is 0 Å². The second kappa shape index (κ2) is 6.05. The van der Waals surface area contributed by atoms with Crippen LogP contribution in [-0.4, -0.2) is 12.4 Å². The Hall–Kier alpha value is -1.57. The van der Waals surface area contributed by atoms with Gasteiger partial charge in [-0.15, -0.1) is 0 Å². The largest absolute Gasteiger partial charge is 0.348 e. The van der Waals surface area contributed by atoms with Crippen LogP contribution in [0.25, 0.3) is 0 Å². The highest BCUT2D eigenvalue weighted by atomic mass is 15.0. The van der Waals surface area contributed by atoms with E-state index in [9.17, 15) is 0 Å². The van der Waals surface area contributed by atoms with Crippen LogP contribution in [0.3, 0.4) is 0 Å². The molecule has 0 aromatic heterocycles. The summed E-state index contributed by atoms with van der Waals surface area (Å²) in [5.41, 5.74) is 4.45. The second-order valence-electron chi connectivity index (χ2n) is 6.53. The first-order valence-electron chi connectivity index (χ1n) is 8.22. The van der Waals surface area contributed by atoms with Crippen molar-refractivity contribution in [1.29, 1.82) is 0 Å². The van der Waals surface area contributed by atoms with Gasteiger partial charge in [0, 0.05) is 24.1 Å². The molecular formula is C19H26N2. The molecule has 112 valence electrons. The molecule has 0 saturated carbocycles. The molecule has 0 bridgehead atoms. The van der Waals surface area contributed by atoms with Gasteiger partial charge in [-0.25, -0.2) is 0 Å². The number of rotatable bonds is 2. The monoisotopic (exact) mass is 282 g/mol. The van der Waals surface area contributed by atoms with Crippen LogP contribution in [0.15, 0.2) is 52.7 Å². The average molecular weight is 282 g/mol. The highest BCUT2D eigenvalue weighted by Crippen LogP contribution is 2.41. The van der Waals surface area contributed by atoms with Crippen LogP contribution in [0.4, 0.5) is 0 Å². The van der Waals surface area contributed by atoms with Crippen LogP contribution in [0.1, 0.15) is 39.5 Å². The fraction of sp³-hybridized carbons (Fsp3) is 0.526. The van der Waals surface area contributed by atoms with Gasteiger partial charge in [0.1, 0.15) is 0 Å². The molecule has 1 aliphatic heterocycles. The molecule has 1 heterocycles. The SMILES string of the molecule is C=CC1=CC=CC(C)C1C1=C2NC(C)=NCC2CCCC1. The Bertz CT molecular complexity index is 548. The molecule has 3 unspecified atom stereocenters. The van der Waals surface area contributed by atoms with Gasteiger partial charge >= 0.3 is 0 Å². The van der Waals surface area contributed by atoms with Gasteiger partial charge in [-0.3, -0.25) is 4.99 Å². The standard InChI is InChI=1S/C19H26N2/c1-4-15-10-7-8-13(2)18(15)17-11-6-5-9-16-12-20-14(3)21-19(16)17/h4,7-8,10,13,16,18H,1,5-6,9,11-12H2,2-3H3,(H,20,21). The van der Waals surface area contributed by atoms with Crippen LogP contribution >= 0.6 is 0 Å². The number of aliphatic imine (C=N–C) groups is 1. The third-order valence-electron chi connectivity index (χ3n) is 5.07. The summed E-state index contributed by atoms with van der Waals surface area (Å²) in [6.45, 7) is 9.41. The van der Waals surface area contributed by atoms with Crippen LogP contribution in [-0.2, 0) is 0 Å². The van der Waals surface area contributed by atoms with Crippen LogP contribution < -0.4 is 5.32 Å². The van der Waals surface area contributed by atoms with E-state index in [1.807, 2.05) is 6.08 Å². The number of allylic oxidation sites excluding steroid dienone is 6. The van der Waals surface area contributed by atoms with E-state index in [-0.39, 0.29) is 0 Å². The molecule has 3 rings (SSSR count). The normalized spacial score (nSPS) is 32.6. The van der Waals surface area contributed by atoms with Crippen LogP contribution in [0.2, 0.25) is 0 Å². The first-order chi connectivity index (χ1) is 10.2. The first kappa shape index (κ1) is 14.4. The van der Waals surface area contributed by atoms with Crippen molar-refractivity contribution in [2.45, 2.75) is 39.5 Å². The third-order valence-corrected chi connectivity index (χ3v) is 5.07. The molecule has 0 fully saturated rings. The molecule has 1 N–H and O–H groups in total. The molecule has 2 nitrogen and oxygen atoms in total. The summed E-state index contributed by atoms with van der Waals surface area (Å²) in [7, 11) is 0. The van der Waals surface area contributed by atoms with E-state index in [0.29, 0.717) is 17.8 Å². The van der Waals surface area contributed by atoms with Gasteiger partial charge in [-0.2, -0.15) is 0 Å². The summed E-state index contributed by atoms with van der Waals surface area (Å²) < 4.78 is 0. The number of hydrogen-bond acceptors (Lipinski definition) is 2. The van der Waals surface area contributed by atoms with Crippen molar-refractivity contribution in [3.05, 3.63) is 47.7 Å². The molecule has 0 aromatic rings. The molecule has 21 heavy (non-hydrogen) atoms. The molecule has 3 aliphatic rings. The zero-order chi connectivity index (χ0) is 14.8. The first-order valence-corrected chi connectivity index (χ1v) is 8.22. The van der Waals surface area contributed by atoms with Gasteiger partial charge in [0.2, 0.25) is 0 Å². The number of fused-ring (bicyclic) bond motifs is 1. The van der Waals surface area contributed by atoms with Crippen molar-refractivity contribution in [2.24, 2.45) is 22.7 Å². The van der Waals surface area contributed by atoms with Gasteiger partial charge in [0.15, 0.2) is 0 Å². The lowest BCUT2D eigenvalue weighted by atomic mass is 9.75. The van der Waals surface area contributed by atoms with Crippen LogP contribution in [0, 0.1) is 17.8 Å². The Morgan fingerprint density at radius 2 is 2.24 bits per heavy atom. The highest BCUT2D eigenvalue weighted by molar-refractivity contribution is 5.82. The summed E-state index contributed by atoms with van der Waals surface area (Å²) in [5, 5.41) is 3.61. The molecule has 0 aromatic carbocycles. The van der Waals surface area contributed by atoms with Gasteiger partial charge < -0.3 is 5.32 Å². The maximum Gasteiger partial charge on any atom is 0.0973 e. The summed E-state index contributed by atoms with van der Waals surface area (Å²) >= 11 is 0. The Kier molecular flexibility index (Phi) is 4.14. The van der Waals surface area contributed by atoms with E-state index in [0.717, 1.165) is 12.4 Å². The fourth-order valence-corrected chi connectivity index (χ4v) is 3.99. The maximum absolute atomic E-state index is 4.62. The summed E-state index contributed by atoms with van der Waals surface area (Å²) in [5.74, 6) is 2.70. The Morgan fingerprint density at radius 3 is 3.05 bits per heavy atom. The summed E-state index contributed by atoms with van der Waals surface area (Å²) in [4.78, 5) is 4.62. The van der Waals surface area contributed by atoms with Gasteiger partial charge in [-0.1, -0.05) is 44.2 Å². The van der Waals surface area contributed by atoms with Crippen molar-refractivity contribution in [3.63, 3.8) is 0 Å². The summed E-state index contributed by atoms with van der Waals surface area (Å²) in [6, 6.07) is 0. The molecule has 2 heteroatoms. The molecule has 0 radical (unpaired) electrons. The lowest BCUT2D eigenvalue weighted by molar-refractivity contribution is 0.506. The average Bonchev–Trinajstić information content (AvgIpc) is 2.69. The molecular weight excluding hydrogens is 256 g/mol. The second-order valence-corrected chi connectivity index (χ2v) is 6.53. The van der Waals surface area contributed by atoms with Gasteiger partial charge in [-0.05, 0) is 43.3 Å². The quantitative estimate of drug-likeness (QED) is 0.798. The van der Waals surface area contributed by atoms with Crippen LogP contribution in [0.5, 0.6) is 0 Å². The van der Waals surface area contributed by atoms with E-state index >= 15 is 0 Å². The number of hydrogen-bond donors (Lipinski definition) is 1. The van der Waals surface area contributed by atoms with E-state index in [1.165, 1.54) is 37.0 Å². The zero-order valence-electron chi connectivity index (χ0n) is 13.2. The Morgan fingerprint density at radius 1 is 1.38 bits per heavy atom. The predicted molar refractivity (Wildman–Crippen MR) is 90.2 cm³/mol. The summed E-state index contributed by atoms with van der Waals surface area (Å²) in [6.07, 6.45) is 13.9. The van der Waals surface area contributed by atoms with Gasteiger partial charge in [0.25, 0.3) is 0 Å².